The van der Waals surface area contributed by atoms with E-state index in [9.17, 15) is 47.2 Å². The summed E-state index contributed by atoms with van der Waals surface area (Å²) in [5, 5.41) is 56.9. The number of ether oxygens (including phenoxy) is 5. The molecule has 5 aliphatic rings. The molecule has 20 unspecified atom stereocenters. The third kappa shape index (κ3) is 14.6. The number of imidazole rings is 4. The lowest BCUT2D eigenvalue weighted by molar-refractivity contribution is -0.0459. The Labute approximate surface area is 570 Å². The molecule has 0 aliphatic carbocycles. The third-order valence-electron chi connectivity index (χ3n) is 16.3. The van der Waals surface area contributed by atoms with Crippen LogP contribution in [0.5, 0.6) is 0 Å². The number of halogens is 9. The van der Waals surface area contributed by atoms with E-state index in [1.807, 2.05) is 6.92 Å². The van der Waals surface area contributed by atoms with Crippen LogP contribution in [0.2, 0.25) is 21.1 Å². The van der Waals surface area contributed by atoms with Crippen molar-refractivity contribution < 1.29 is 76.3 Å². The molecule has 20 atom stereocenters. The Morgan fingerprint density at radius 2 is 0.745 bits per heavy atom. The molecule has 16 N–H and O–H groups in total. The Morgan fingerprint density at radius 3 is 1.06 bits per heavy atom. The van der Waals surface area contributed by atoms with E-state index in [-0.39, 0.29) is 81.1 Å². The van der Waals surface area contributed by atoms with Crippen LogP contribution < -0.4 is 34.4 Å². The van der Waals surface area contributed by atoms with Crippen LogP contribution in [0.4, 0.5) is 51.0 Å². The average molecular weight is 1460 g/mol. The van der Waals surface area contributed by atoms with Gasteiger partial charge in [-0.1, -0.05) is 35.1 Å². The summed E-state index contributed by atoms with van der Waals surface area (Å²) in [5.74, 6) is 0.0490. The Bertz CT molecular complexity index is 3860. The Hall–Kier alpha value is -7.55. The average Bonchev–Trinajstić information content (AvgIpc) is 1.64. The number of nitrogens with two attached hydrogens (primary N) is 5. The van der Waals surface area contributed by atoms with Crippen LogP contribution in [0, 0.1) is 5.92 Å². The van der Waals surface area contributed by atoms with E-state index in [0.29, 0.717) is 47.1 Å². The number of alkyl halides is 5. The summed E-state index contributed by atoms with van der Waals surface area (Å²) in [6, 6.07) is 1.38. The van der Waals surface area contributed by atoms with Crippen LogP contribution in [0.1, 0.15) is 85.5 Å². The molecule has 0 amide bonds. The van der Waals surface area contributed by atoms with Crippen LogP contribution in [-0.2, 0) is 23.7 Å². The molecule has 0 radical (unpaired) electrons. The van der Waals surface area contributed by atoms with Crippen molar-refractivity contribution in [1.82, 2.24) is 87.6 Å². The number of rotatable bonds is 10. The van der Waals surface area contributed by atoms with Crippen molar-refractivity contribution in [3.05, 3.63) is 69.2 Å². The summed E-state index contributed by atoms with van der Waals surface area (Å²) >= 11 is 23.0. The molecule has 0 spiro atoms. The largest absolute Gasteiger partial charge is 0.394 e. The zero-order valence-electron chi connectivity index (χ0n) is 51.0. The topological polar surface area (TPSA) is 507 Å². The fourth-order valence-corrected chi connectivity index (χ4v) is 11.9. The zero-order valence-corrected chi connectivity index (χ0v) is 54.0. The van der Waals surface area contributed by atoms with Crippen molar-refractivity contribution in [3.63, 3.8) is 0 Å². The summed E-state index contributed by atoms with van der Waals surface area (Å²) in [7, 11) is 0. The lowest BCUT2D eigenvalue weighted by Gasteiger charge is -2.17. The van der Waals surface area contributed by atoms with Crippen molar-refractivity contribution in [2.45, 2.75) is 171 Å². The number of hydrogen-bond acceptors (Lipinski definition) is 30. The predicted molar refractivity (Wildman–Crippen MR) is 341 cm³/mol. The maximum atomic E-state index is 14.2. The Balaban J connectivity index is 0.000000143. The number of fused-ring (bicyclic) bond motifs is 4. The van der Waals surface area contributed by atoms with E-state index >= 15 is 0 Å². The van der Waals surface area contributed by atoms with Crippen molar-refractivity contribution in [2.24, 2.45) is 5.92 Å². The molecule has 44 heteroatoms. The zero-order chi connectivity index (χ0) is 70.3. The minimum absolute atomic E-state index is 0. The van der Waals surface area contributed by atoms with Gasteiger partial charge < -0.3 is 83.0 Å². The third-order valence-corrected chi connectivity index (χ3v) is 16.9. The minimum Gasteiger partial charge on any atom is -0.394 e. The van der Waals surface area contributed by atoms with Crippen LogP contribution in [0.25, 0.3) is 44.7 Å². The molecule has 5 aliphatic heterocycles. The van der Waals surface area contributed by atoms with Gasteiger partial charge in [0.25, 0.3) is 0 Å². The normalized spacial score (nSPS) is 30.4. The van der Waals surface area contributed by atoms with E-state index < -0.39 is 135 Å². The number of nitrogen functional groups attached to an aromatic ring is 5. The van der Waals surface area contributed by atoms with Gasteiger partial charge in [0, 0.05) is 12.1 Å². The lowest BCUT2D eigenvalue weighted by atomic mass is 10.0. The number of aromatic nitrogens is 18. The smallest absolute Gasteiger partial charge is 0.351 e. The maximum absolute atomic E-state index is 14.2. The second-order valence-electron chi connectivity index (χ2n) is 22.3. The minimum atomic E-state index is -1.74. The Morgan fingerprint density at radius 1 is 0.429 bits per heavy atom. The summed E-state index contributed by atoms with van der Waals surface area (Å²) in [6.45, 7) is 6.19. The highest BCUT2D eigenvalue weighted by Crippen LogP contribution is 2.41. The summed E-state index contributed by atoms with van der Waals surface area (Å²) in [5.41, 5.74) is 29.8. The monoisotopic (exact) mass is 1460 g/mol. The van der Waals surface area contributed by atoms with Crippen molar-refractivity contribution in [1.29, 1.82) is 0 Å². The molecule has 98 heavy (non-hydrogen) atoms. The first-order chi connectivity index (χ1) is 46.1. The quantitative estimate of drug-likeness (QED) is 0.0692. The van der Waals surface area contributed by atoms with Gasteiger partial charge >= 0.3 is 5.69 Å². The van der Waals surface area contributed by atoms with Gasteiger partial charge in [0.1, 0.15) is 76.9 Å². The second kappa shape index (κ2) is 30.9. The Kier molecular flexibility index (Phi) is 23.6. The summed E-state index contributed by atoms with van der Waals surface area (Å²) in [6.07, 6.45) is -13.2. The van der Waals surface area contributed by atoms with Crippen LogP contribution in [0.3, 0.4) is 0 Å². The van der Waals surface area contributed by atoms with E-state index in [1.54, 1.807) is 25.3 Å². The predicted octanol–water partition coefficient (Wildman–Crippen LogP) is 3.18. The van der Waals surface area contributed by atoms with Gasteiger partial charge in [-0.25, -0.2) is 46.7 Å². The molecule has 35 nitrogen and oxygen atoms in total. The van der Waals surface area contributed by atoms with Gasteiger partial charge in [0.15, 0.2) is 95.5 Å². The van der Waals surface area contributed by atoms with E-state index in [0.717, 1.165) is 4.57 Å². The molecule has 534 valence electrons. The molecule has 5 saturated heterocycles. The first-order valence-electron chi connectivity index (χ1n) is 29.5. The van der Waals surface area contributed by atoms with Crippen LogP contribution in [0.15, 0.2) is 42.4 Å². The summed E-state index contributed by atoms with van der Waals surface area (Å²) in [4.78, 5) is 62.3. The molecule has 0 saturated carbocycles. The van der Waals surface area contributed by atoms with Gasteiger partial charge in [-0.05, 0) is 71.7 Å². The van der Waals surface area contributed by atoms with Crippen LogP contribution >= 0.6 is 46.4 Å². The molecule has 14 rings (SSSR count). The molecular weight excluding hydrogens is 1390 g/mol. The molecule has 0 aromatic carbocycles. The number of nitrogens with zero attached hydrogens (tertiary/aromatic N) is 18. The maximum Gasteiger partial charge on any atom is 0.351 e. The number of aliphatic hydroxyl groups excluding tert-OH is 6. The van der Waals surface area contributed by atoms with Gasteiger partial charge in [-0.2, -0.15) is 44.9 Å². The SMILES string of the molecule is C.CC1C([18F])C(CO)OC1n1cnc2c(N)nc(Cl)nc21.CCC1OC(n2ccc(N)nc2=O)C([18F])C1O.CCC1OC(n2cnc3c(N)nc(Cl)nc32)C(O)C1[18F].CCC1OC(n2cnc3c(N)nc(Cl)nc32)C([18F])C1O.Nc1nc(Cl)nc2c1ncn2C1OC(CO)C(O)C1[18F]. The fraction of sp³-hybridized carbons (Fsp3) is 0.556. The van der Waals surface area contributed by atoms with Crippen molar-refractivity contribution in [3.8, 4) is 0 Å². The highest BCUT2D eigenvalue weighted by atomic mass is 35.5. The molecule has 0 bridgehead atoms. The van der Waals surface area contributed by atoms with Crippen molar-refractivity contribution >= 4 is 120 Å². The van der Waals surface area contributed by atoms with E-state index in [4.69, 9.17) is 109 Å². The standard InChI is InChI=1S/3C11H13ClFN5O2.C10H11ClFN5O3.C10H14FN3O3.CH4/c1-4-6(13)5(2-19)20-10(4)18-3-15-7-8(14)16-11(12)17-9(7)18;1-2-4-7(19)5(13)10(20-4)18-3-15-6-8(14)16-11(12)17-9(6)18;1-2-4-5(13)7(19)10(20-4)18-3-15-6-8(14)16-11(12)17-9(6)18;11-10-15-7(13)5-8(16-10)17(2-14-5)9-4(12)6(19)3(1-18)20-9;1-2-5-8(15)7(11)9(17-5)14-4-3-6(12)13-10(14)16;/h3-6,10,19H,2H2,1H3,(H2,14,16,17);2*3-5,7,10,19H,2H2,1H3,(H2,14,16,17);2-4,6,9,18-19H,1H2,(H2,13,15,16);3-5,7-9,15H,2H2,1H3,(H2,12,13,16);1H4/i3*13-1;12-1;11-1;. The number of hydrogen-bond donors (Lipinski definition) is 11. The highest BCUT2D eigenvalue weighted by Gasteiger charge is 2.49. The van der Waals surface area contributed by atoms with Crippen LogP contribution in [-0.4, -0.2) is 217 Å². The van der Waals surface area contributed by atoms with E-state index in [1.165, 1.54) is 51.3 Å². The molecular formula is C54H68Cl4F5N23O12. The first kappa shape index (κ1) is 74.7. The fourth-order valence-electron chi connectivity index (χ4n) is 11.2. The van der Waals surface area contributed by atoms with Gasteiger partial charge in [-0.15, -0.1) is 0 Å². The number of anilines is 5. The van der Waals surface area contributed by atoms with Gasteiger partial charge in [0.05, 0.1) is 56.8 Å². The highest BCUT2D eigenvalue weighted by molar-refractivity contribution is 6.29. The molecule has 5 fully saturated rings. The van der Waals surface area contributed by atoms with Gasteiger partial charge in [-0.3, -0.25) is 22.8 Å². The second-order valence-corrected chi connectivity index (χ2v) is 23.7. The van der Waals surface area contributed by atoms with Crippen molar-refractivity contribution in [2.75, 3.05) is 41.9 Å². The van der Waals surface area contributed by atoms with E-state index in [2.05, 4.69) is 64.8 Å². The lowest BCUT2D eigenvalue weighted by Crippen LogP contribution is -2.33. The number of aliphatic hydroxyl groups is 6. The molecule has 14 heterocycles. The molecule has 9 aromatic rings. The summed E-state index contributed by atoms with van der Waals surface area (Å²) < 4.78 is 104. The molecule has 9 aromatic heterocycles. The van der Waals surface area contributed by atoms with Gasteiger partial charge in [0.2, 0.25) is 21.1 Å². The first-order valence-corrected chi connectivity index (χ1v) is 31.0.